The number of anilines is 2. The highest BCUT2D eigenvalue weighted by Crippen LogP contribution is 2.19. The van der Waals surface area contributed by atoms with Crippen molar-refractivity contribution in [1.29, 1.82) is 0 Å². The van der Waals surface area contributed by atoms with Gasteiger partial charge in [0, 0.05) is 12.1 Å². The first-order chi connectivity index (χ1) is 14.6. The zero-order chi connectivity index (χ0) is 20.9. The minimum Gasteiger partial charge on any atom is -0.316 e. The molecule has 1 aromatic heterocycles. The molecule has 154 valence electrons. The third-order valence-electron chi connectivity index (χ3n) is 5.13. The van der Waals surface area contributed by atoms with E-state index in [1.807, 2.05) is 55.5 Å². The summed E-state index contributed by atoms with van der Waals surface area (Å²) in [6, 6.07) is 16.7. The molecule has 2 amide bonds. The minimum atomic E-state index is -0.298. The Labute approximate surface area is 174 Å². The summed E-state index contributed by atoms with van der Waals surface area (Å²) in [5, 5.41) is 13.3. The van der Waals surface area contributed by atoms with Gasteiger partial charge in [-0.05, 0) is 50.1 Å². The number of aryl methyl sites for hydroxylation is 1. The van der Waals surface area contributed by atoms with Crippen molar-refractivity contribution in [2.75, 3.05) is 23.7 Å². The first-order valence-corrected chi connectivity index (χ1v) is 10.0. The number of carbonyl (C=O) groups excluding carboxylic acids is 2. The van der Waals surface area contributed by atoms with Crippen LogP contribution in [0.15, 0.2) is 54.6 Å². The van der Waals surface area contributed by atoms with Gasteiger partial charge in [-0.15, -0.1) is 5.10 Å². The maximum absolute atomic E-state index is 12.7. The molecule has 8 heteroatoms. The lowest BCUT2D eigenvalue weighted by Gasteiger charge is -2.21. The summed E-state index contributed by atoms with van der Waals surface area (Å²) in [5.74, 6) is -0.123. The van der Waals surface area contributed by atoms with Gasteiger partial charge >= 0.3 is 0 Å². The topological polar surface area (TPSA) is 101 Å². The van der Waals surface area contributed by atoms with Gasteiger partial charge in [-0.2, -0.15) is 9.67 Å². The van der Waals surface area contributed by atoms with Crippen molar-refractivity contribution in [3.8, 4) is 5.69 Å². The number of nitrogens with zero attached hydrogens (tertiary/aromatic N) is 3. The Kier molecular flexibility index (Phi) is 5.85. The van der Waals surface area contributed by atoms with Gasteiger partial charge in [0.25, 0.3) is 11.9 Å². The number of para-hydroxylation sites is 1. The monoisotopic (exact) mass is 404 g/mol. The number of hydrogen-bond acceptors (Lipinski definition) is 5. The van der Waals surface area contributed by atoms with Crippen molar-refractivity contribution < 1.29 is 9.59 Å². The Balaban J connectivity index is 1.60. The van der Waals surface area contributed by atoms with E-state index in [2.05, 4.69) is 26.0 Å². The van der Waals surface area contributed by atoms with Crippen LogP contribution in [-0.2, 0) is 4.79 Å². The molecule has 3 aromatic rings. The molecule has 0 saturated carbocycles. The molecule has 0 aliphatic carbocycles. The smallest absolute Gasteiger partial charge is 0.258 e. The Bertz CT molecular complexity index is 1040. The van der Waals surface area contributed by atoms with Crippen LogP contribution < -0.4 is 16.0 Å². The molecule has 0 bridgehead atoms. The van der Waals surface area contributed by atoms with Crippen molar-refractivity contribution in [2.45, 2.75) is 19.8 Å². The minimum absolute atomic E-state index is 0.108. The Morgan fingerprint density at radius 3 is 2.57 bits per heavy atom. The number of hydrogen-bond donors (Lipinski definition) is 3. The van der Waals surface area contributed by atoms with E-state index < -0.39 is 0 Å². The molecule has 1 aliphatic rings. The summed E-state index contributed by atoms with van der Waals surface area (Å²) >= 11 is 0. The van der Waals surface area contributed by atoms with Gasteiger partial charge in [0.15, 0.2) is 0 Å². The molecule has 4 rings (SSSR count). The number of piperidine rings is 1. The van der Waals surface area contributed by atoms with Crippen LogP contribution in [0.25, 0.3) is 5.69 Å². The van der Waals surface area contributed by atoms with Crippen LogP contribution in [0.4, 0.5) is 11.9 Å². The summed E-state index contributed by atoms with van der Waals surface area (Å²) in [6.07, 6.45) is 1.79. The van der Waals surface area contributed by atoms with Crippen LogP contribution in [0.5, 0.6) is 0 Å². The Morgan fingerprint density at radius 2 is 1.83 bits per heavy atom. The van der Waals surface area contributed by atoms with Crippen LogP contribution in [0.2, 0.25) is 0 Å². The second-order valence-electron chi connectivity index (χ2n) is 7.31. The lowest BCUT2D eigenvalue weighted by Crippen LogP contribution is -2.37. The lowest BCUT2D eigenvalue weighted by atomic mass is 9.99. The number of nitrogens with one attached hydrogen (secondary N) is 3. The van der Waals surface area contributed by atoms with Gasteiger partial charge in [-0.1, -0.05) is 36.4 Å². The highest BCUT2D eigenvalue weighted by atomic mass is 16.2. The van der Waals surface area contributed by atoms with Gasteiger partial charge in [-0.25, -0.2) is 0 Å². The van der Waals surface area contributed by atoms with Gasteiger partial charge in [-0.3, -0.25) is 20.2 Å². The molecule has 0 radical (unpaired) electrons. The van der Waals surface area contributed by atoms with E-state index in [1.165, 1.54) is 4.68 Å². The molecule has 0 spiro atoms. The largest absolute Gasteiger partial charge is 0.316 e. The zero-order valence-corrected chi connectivity index (χ0v) is 16.8. The third kappa shape index (κ3) is 4.38. The Morgan fingerprint density at radius 1 is 1.07 bits per heavy atom. The average molecular weight is 404 g/mol. The molecule has 2 aromatic carbocycles. The fourth-order valence-corrected chi connectivity index (χ4v) is 3.48. The molecule has 1 aliphatic heterocycles. The maximum atomic E-state index is 12.7. The molecular weight excluding hydrogens is 380 g/mol. The first-order valence-electron chi connectivity index (χ1n) is 10.0. The fraction of sp³-hybridized carbons (Fsp3) is 0.273. The van der Waals surface area contributed by atoms with Crippen LogP contribution in [0.1, 0.15) is 28.8 Å². The predicted molar refractivity (Wildman–Crippen MR) is 115 cm³/mol. The van der Waals surface area contributed by atoms with E-state index in [1.54, 1.807) is 6.07 Å². The molecular formula is C22H24N6O2. The van der Waals surface area contributed by atoms with Crippen LogP contribution in [-0.4, -0.2) is 39.7 Å². The number of carbonyl (C=O) groups is 2. The second kappa shape index (κ2) is 8.87. The molecule has 1 fully saturated rings. The summed E-state index contributed by atoms with van der Waals surface area (Å²) < 4.78 is 1.53. The Hall–Kier alpha value is -3.52. The molecule has 1 unspecified atom stereocenters. The average Bonchev–Trinajstić information content (AvgIpc) is 3.17. The second-order valence-corrected chi connectivity index (χ2v) is 7.31. The van der Waals surface area contributed by atoms with Gasteiger partial charge in [0.2, 0.25) is 11.9 Å². The van der Waals surface area contributed by atoms with E-state index in [0.29, 0.717) is 12.1 Å². The predicted octanol–water partition coefficient (Wildman–Crippen LogP) is 2.77. The van der Waals surface area contributed by atoms with E-state index in [0.717, 1.165) is 30.6 Å². The summed E-state index contributed by atoms with van der Waals surface area (Å²) in [6.45, 7) is 3.44. The summed E-state index contributed by atoms with van der Waals surface area (Å²) in [5.41, 5.74) is 2.14. The van der Waals surface area contributed by atoms with Gasteiger partial charge in [0.1, 0.15) is 0 Å². The van der Waals surface area contributed by atoms with Crippen molar-refractivity contribution in [1.82, 2.24) is 20.1 Å². The molecule has 1 atom stereocenters. The van der Waals surface area contributed by atoms with Gasteiger partial charge in [0.05, 0.1) is 11.6 Å². The molecule has 1 saturated heterocycles. The van der Waals surface area contributed by atoms with Crippen LogP contribution in [0.3, 0.4) is 0 Å². The van der Waals surface area contributed by atoms with Crippen molar-refractivity contribution in [2.24, 2.45) is 5.92 Å². The fourth-order valence-electron chi connectivity index (χ4n) is 3.48. The highest BCUT2D eigenvalue weighted by Gasteiger charge is 2.24. The van der Waals surface area contributed by atoms with Crippen molar-refractivity contribution in [3.05, 3.63) is 65.7 Å². The number of amides is 2. The normalized spacial score (nSPS) is 16.1. The third-order valence-corrected chi connectivity index (χ3v) is 5.13. The molecule has 3 N–H and O–H groups in total. The lowest BCUT2D eigenvalue weighted by molar-refractivity contribution is -0.120. The maximum Gasteiger partial charge on any atom is 0.258 e. The van der Waals surface area contributed by atoms with Gasteiger partial charge < -0.3 is 5.32 Å². The molecule has 2 heterocycles. The van der Waals surface area contributed by atoms with E-state index in [9.17, 15) is 9.59 Å². The first kappa shape index (κ1) is 19.8. The molecule has 30 heavy (non-hydrogen) atoms. The summed E-state index contributed by atoms with van der Waals surface area (Å²) in [4.78, 5) is 29.8. The highest BCUT2D eigenvalue weighted by molar-refractivity contribution is 6.04. The van der Waals surface area contributed by atoms with Crippen LogP contribution >= 0.6 is 0 Å². The summed E-state index contributed by atoms with van der Waals surface area (Å²) in [7, 11) is 0. The number of aromatic nitrogens is 3. The SMILES string of the molecule is Cc1ccccc1C(=O)Nc1nc(NC(=O)C2CCCNC2)n(-c2ccccc2)n1. The van der Waals surface area contributed by atoms with Crippen molar-refractivity contribution >= 4 is 23.7 Å². The zero-order valence-electron chi connectivity index (χ0n) is 16.8. The van der Waals surface area contributed by atoms with E-state index in [4.69, 9.17) is 0 Å². The van der Waals surface area contributed by atoms with Crippen LogP contribution in [0, 0.1) is 12.8 Å². The number of rotatable bonds is 5. The van der Waals surface area contributed by atoms with Crippen molar-refractivity contribution in [3.63, 3.8) is 0 Å². The number of benzene rings is 2. The van der Waals surface area contributed by atoms with E-state index in [-0.39, 0.29) is 29.6 Å². The standard InChI is InChI=1S/C22H24N6O2/c1-15-8-5-6-12-18(15)20(30)24-21-26-22(25-19(29)16-9-7-13-23-14-16)28(27-21)17-10-3-2-4-11-17/h2-6,8,10-12,16,23H,7,9,13-14H2,1H3,(H2,24,25,26,27,29,30). The molecule has 8 nitrogen and oxygen atoms in total. The quantitative estimate of drug-likeness (QED) is 0.607. The van der Waals surface area contributed by atoms with E-state index >= 15 is 0 Å².